The number of hydrogen-bond acceptors (Lipinski definition) is 2. The molecule has 0 saturated carbocycles. The van der Waals surface area contributed by atoms with Crippen LogP contribution in [0.4, 0.5) is 0 Å². The minimum absolute atomic E-state index is 0.590. The quantitative estimate of drug-likeness (QED) is 0.749. The Kier molecular flexibility index (Phi) is 3.96. The van der Waals surface area contributed by atoms with Crippen molar-refractivity contribution in [2.75, 3.05) is 0 Å². The summed E-state index contributed by atoms with van der Waals surface area (Å²) < 4.78 is 1.83. The molecule has 3 nitrogen and oxygen atoms in total. The van der Waals surface area contributed by atoms with Crippen LogP contribution < -0.4 is 5.32 Å². The fourth-order valence-corrected chi connectivity index (χ4v) is 1.37. The van der Waals surface area contributed by atoms with E-state index in [1.54, 1.807) is 0 Å². The fraction of sp³-hybridized carbons (Fsp3) is 0.700. The molecule has 3 heteroatoms. The van der Waals surface area contributed by atoms with E-state index in [0.29, 0.717) is 6.04 Å². The van der Waals surface area contributed by atoms with Gasteiger partial charge in [-0.1, -0.05) is 13.3 Å². The van der Waals surface area contributed by atoms with Crippen LogP contribution in [-0.2, 0) is 13.6 Å². The lowest BCUT2D eigenvalue weighted by Gasteiger charge is -2.10. The molecule has 0 aliphatic carbocycles. The Bertz CT molecular complexity index is 242. The lowest BCUT2D eigenvalue weighted by molar-refractivity contribution is 0.502. The highest BCUT2D eigenvalue weighted by Crippen LogP contribution is 1.98. The molecule has 0 bridgehead atoms. The first kappa shape index (κ1) is 10.3. The van der Waals surface area contributed by atoms with Crippen LogP contribution in [-0.4, -0.2) is 15.8 Å². The molecule has 0 aliphatic heterocycles. The molecule has 0 aromatic carbocycles. The van der Waals surface area contributed by atoms with Crippen molar-refractivity contribution in [2.24, 2.45) is 7.05 Å². The molecule has 1 atom stereocenters. The summed E-state index contributed by atoms with van der Waals surface area (Å²) in [6.45, 7) is 5.30. The maximum Gasteiger partial charge on any atom is 0.0762 e. The van der Waals surface area contributed by atoms with Crippen molar-refractivity contribution < 1.29 is 0 Å². The van der Waals surface area contributed by atoms with Gasteiger partial charge < -0.3 is 5.32 Å². The average molecular weight is 181 g/mol. The highest BCUT2D eigenvalue weighted by molar-refractivity contribution is 4.98. The highest BCUT2D eigenvalue weighted by Gasteiger charge is 2.00. The van der Waals surface area contributed by atoms with Crippen molar-refractivity contribution in [3.8, 4) is 0 Å². The molecule has 1 heterocycles. The largest absolute Gasteiger partial charge is 0.309 e. The third-order valence-corrected chi connectivity index (χ3v) is 2.12. The smallest absolute Gasteiger partial charge is 0.0762 e. The number of rotatable bonds is 5. The third-order valence-electron chi connectivity index (χ3n) is 2.12. The van der Waals surface area contributed by atoms with Crippen LogP contribution in [0.1, 0.15) is 32.4 Å². The van der Waals surface area contributed by atoms with E-state index >= 15 is 0 Å². The van der Waals surface area contributed by atoms with Crippen molar-refractivity contribution in [1.29, 1.82) is 0 Å². The SMILES string of the molecule is CCCC(C)NCc1ccn(C)n1. The molecule has 0 saturated heterocycles. The Morgan fingerprint density at radius 1 is 1.62 bits per heavy atom. The Morgan fingerprint density at radius 2 is 2.38 bits per heavy atom. The highest BCUT2D eigenvalue weighted by atomic mass is 15.3. The van der Waals surface area contributed by atoms with Gasteiger partial charge in [-0.25, -0.2) is 0 Å². The molecule has 1 aromatic rings. The van der Waals surface area contributed by atoms with Gasteiger partial charge in [0.25, 0.3) is 0 Å². The van der Waals surface area contributed by atoms with Crippen LogP contribution in [0.2, 0.25) is 0 Å². The van der Waals surface area contributed by atoms with Gasteiger partial charge in [0.1, 0.15) is 0 Å². The summed E-state index contributed by atoms with van der Waals surface area (Å²) in [5.41, 5.74) is 1.12. The molecule has 1 N–H and O–H groups in total. The van der Waals surface area contributed by atoms with Gasteiger partial charge in [-0.15, -0.1) is 0 Å². The Hall–Kier alpha value is -0.830. The molecule has 13 heavy (non-hydrogen) atoms. The molecule has 1 unspecified atom stereocenters. The van der Waals surface area contributed by atoms with E-state index < -0.39 is 0 Å². The van der Waals surface area contributed by atoms with Gasteiger partial charge in [0.15, 0.2) is 0 Å². The summed E-state index contributed by atoms with van der Waals surface area (Å²) in [6, 6.07) is 2.64. The molecule has 1 rings (SSSR count). The standard InChI is InChI=1S/C10H19N3/c1-4-5-9(2)11-8-10-6-7-13(3)12-10/h6-7,9,11H,4-5,8H2,1-3H3. The predicted octanol–water partition coefficient (Wildman–Crippen LogP) is 1.70. The monoisotopic (exact) mass is 181 g/mol. The first-order chi connectivity index (χ1) is 6.22. The summed E-state index contributed by atoms with van der Waals surface area (Å²) in [6.07, 6.45) is 4.44. The van der Waals surface area contributed by atoms with Crippen LogP contribution in [0.5, 0.6) is 0 Å². The topological polar surface area (TPSA) is 29.9 Å². The van der Waals surface area contributed by atoms with E-state index in [1.165, 1.54) is 12.8 Å². The van der Waals surface area contributed by atoms with E-state index in [2.05, 4.69) is 24.3 Å². The minimum atomic E-state index is 0.590. The van der Waals surface area contributed by atoms with Crippen LogP contribution in [0.25, 0.3) is 0 Å². The number of aromatic nitrogens is 2. The van der Waals surface area contributed by atoms with E-state index in [9.17, 15) is 0 Å². The lowest BCUT2D eigenvalue weighted by atomic mass is 10.2. The Morgan fingerprint density at radius 3 is 2.92 bits per heavy atom. The third kappa shape index (κ3) is 3.59. The molecule has 0 amide bonds. The van der Waals surface area contributed by atoms with Gasteiger partial charge >= 0.3 is 0 Å². The van der Waals surface area contributed by atoms with E-state index in [1.807, 2.05) is 24.0 Å². The normalized spacial score (nSPS) is 13.2. The molecule has 74 valence electrons. The second-order valence-corrected chi connectivity index (χ2v) is 3.55. The zero-order valence-corrected chi connectivity index (χ0v) is 8.75. The van der Waals surface area contributed by atoms with Crippen LogP contribution in [0.3, 0.4) is 0 Å². The predicted molar refractivity (Wildman–Crippen MR) is 54.4 cm³/mol. The number of nitrogens with zero attached hydrogens (tertiary/aromatic N) is 2. The first-order valence-corrected chi connectivity index (χ1v) is 4.94. The zero-order chi connectivity index (χ0) is 9.68. The number of hydrogen-bond donors (Lipinski definition) is 1. The van der Waals surface area contributed by atoms with Gasteiger partial charge in [-0.05, 0) is 19.4 Å². The molecule has 0 radical (unpaired) electrons. The maximum absolute atomic E-state index is 4.30. The maximum atomic E-state index is 4.30. The number of nitrogens with one attached hydrogen (secondary N) is 1. The Balaban J connectivity index is 2.26. The van der Waals surface area contributed by atoms with E-state index in [0.717, 1.165) is 12.2 Å². The van der Waals surface area contributed by atoms with Gasteiger partial charge in [0.2, 0.25) is 0 Å². The van der Waals surface area contributed by atoms with Crippen LogP contribution in [0, 0.1) is 0 Å². The van der Waals surface area contributed by atoms with Gasteiger partial charge in [0, 0.05) is 25.8 Å². The molecule has 0 spiro atoms. The van der Waals surface area contributed by atoms with Crippen molar-refractivity contribution >= 4 is 0 Å². The van der Waals surface area contributed by atoms with Crippen molar-refractivity contribution in [3.05, 3.63) is 18.0 Å². The molecule has 1 aromatic heterocycles. The minimum Gasteiger partial charge on any atom is -0.309 e. The summed E-state index contributed by atoms with van der Waals surface area (Å²) in [4.78, 5) is 0. The van der Waals surface area contributed by atoms with Gasteiger partial charge in [-0.2, -0.15) is 5.10 Å². The van der Waals surface area contributed by atoms with Gasteiger partial charge in [0.05, 0.1) is 5.69 Å². The lowest BCUT2D eigenvalue weighted by Crippen LogP contribution is -2.25. The second-order valence-electron chi connectivity index (χ2n) is 3.55. The first-order valence-electron chi connectivity index (χ1n) is 4.94. The number of aryl methyl sites for hydroxylation is 1. The van der Waals surface area contributed by atoms with Crippen molar-refractivity contribution in [1.82, 2.24) is 15.1 Å². The van der Waals surface area contributed by atoms with Crippen LogP contribution in [0.15, 0.2) is 12.3 Å². The molecule has 0 fully saturated rings. The summed E-state index contributed by atoms with van der Waals surface area (Å²) in [5.74, 6) is 0. The summed E-state index contributed by atoms with van der Waals surface area (Å²) >= 11 is 0. The van der Waals surface area contributed by atoms with Crippen molar-refractivity contribution in [2.45, 2.75) is 39.3 Å². The van der Waals surface area contributed by atoms with Gasteiger partial charge in [-0.3, -0.25) is 4.68 Å². The summed E-state index contributed by atoms with van der Waals surface area (Å²) in [7, 11) is 1.94. The summed E-state index contributed by atoms with van der Waals surface area (Å²) in [5, 5.41) is 7.73. The van der Waals surface area contributed by atoms with Crippen LogP contribution >= 0.6 is 0 Å². The molecular formula is C10H19N3. The second kappa shape index (κ2) is 5.02. The van der Waals surface area contributed by atoms with E-state index in [-0.39, 0.29) is 0 Å². The molecule has 0 aliphatic rings. The van der Waals surface area contributed by atoms with Crippen molar-refractivity contribution in [3.63, 3.8) is 0 Å². The fourth-order valence-electron chi connectivity index (χ4n) is 1.37. The Labute approximate surface area is 80.1 Å². The van der Waals surface area contributed by atoms with E-state index in [4.69, 9.17) is 0 Å². The molecular weight excluding hydrogens is 162 g/mol. The zero-order valence-electron chi connectivity index (χ0n) is 8.75. The average Bonchev–Trinajstić information content (AvgIpc) is 2.49.